The lowest BCUT2D eigenvalue weighted by Gasteiger charge is -2.26. The lowest BCUT2D eigenvalue weighted by molar-refractivity contribution is 0.206. The zero-order valence-corrected chi connectivity index (χ0v) is 15.9. The van der Waals surface area contributed by atoms with Crippen LogP contribution in [0.4, 0.5) is 0 Å². The Morgan fingerprint density at radius 2 is 2.00 bits per heavy atom. The molecule has 0 bridgehead atoms. The summed E-state index contributed by atoms with van der Waals surface area (Å²) in [4.78, 5) is 8.78. The molecule has 3 aromatic rings. The van der Waals surface area contributed by atoms with Gasteiger partial charge in [-0.2, -0.15) is 5.26 Å². The first-order valence-electron chi connectivity index (χ1n) is 9.05. The predicted molar refractivity (Wildman–Crippen MR) is 107 cm³/mol. The smallest absolute Gasteiger partial charge is 0.137 e. The van der Waals surface area contributed by atoms with E-state index in [0.29, 0.717) is 23.8 Å². The van der Waals surface area contributed by atoms with Gasteiger partial charge < -0.3 is 10.5 Å². The van der Waals surface area contributed by atoms with Crippen molar-refractivity contribution in [1.82, 2.24) is 9.97 Å². The summed E-state index contributed by atoms with van der Waals surface area (Å²) < 4.78 is 5.90. The van der Waals surface area contributed by atoms with Crippen LogP contribution in [-0.2, 0) is 0 Å². The Hall–Kier alpha value is -2.97. The highest BCUT2D eigenvalue weighted by Crippen LogP contribution is 2.30. The maximum atomic E-state index is 9.59. The van der Waals surface area contributed by atoms with Crippen molar-refractivity contribution in [1.29, 1.82) is 5.26 Å². The molecular formula is C22H24N4O. The van der Waals surface area contributed by atoms with E-state index in [0.717, 1.165) is 28.6 Å². The van der Waals surface area contributed by atoms with Crippen LogP contribution in [0.5, 0.6) is 5.75 Å². The van der Waals surface area contributed by atoms with Gasteiger partial charge in [-0.15, -0.1) is 0 Å². The third-order valence-corrected chi connectivity index (χ3v) is 4.34. The van der Waals surface area contributed by atoms with Gasteiger partial charge in [-0.25, -0.2) is 0 Å². The minimum absolute atomic E-state index is 0.360. The number of fused-ring (bicyclic) bond motifs is 1. The maximum absolute atomic E-state index is 9.59. The van der Waals surface area contributed by atoms with Crippen molar-refractivity contribution in [3.8, 4) is 22.9 Å². The zero-order valence-electron chi connectivity index (χ0n) is 15.9. The van der Waals surface area contributed by atoms with E-state index >= 15 is 0 Å². The zero-order chi connectivity index (χ0) is 19.4. The Kier molecular flexibility index (Phi) is 5.38. The van der Waals surface area contributed by atoms with E-state index in [4.69, 9.17) is 10.5 Å². The molecule has 0 saturated heterocycles. The van der Waals surface area contributed by atoms with Crippen molar-refractivity contribution in [3.05, 3.63) is 54.4 Å². The molecule has 0 spiro atoms. The molecule has 0 aliphatic heterocycles. The number of nitrogens with zero attached hydrogens (tertiary/aromatic N) is 3. The van der Waals surface area contributed by atoms with Gasteiger partial charge in [0, 0.05) is 23.5 Å². The standard InChI is InChI=1S/C22H24N4O/c1-15(2)12-22(3,24)14-27-20-7-6-16(11-17(20)13-23)18-8-10-25-19-5-4-9-26-21(18)19/h4-11,15H,12,14,24H2,1-3H3/t22-/m0/s1. The summed E-state index contributed by atoms with van der Waals surface area (Å²) in [6.45, 7) is 6.60. The lowest BCUT2D eigenvalue weighted by Crippen LogP contribution is -2.43. The van der Waals surface area contributed by atoms with Gasteiger partial charge in [-0.1, -0.05) is 19.9 Å². The summed E-state index contributed by atoms with van der Waals surface area (Å²) in [5.41, 5.74) is 9.83. The van der Waals surface area contributed by atoms with Crippen LogP contribution in [0.1, 0.15) is 32.8 Å². The molecule has 0 saturated carbocycles. The first-order valence-corrected chi connectivity index (χ1v) is 9.05. The van der Waals surface area contributed by atoms with Crippen molar-refractivity contribution in [2.24, 2.45) is 11.7 Å². The van der Waals surface area contributed by atoms with Crippen molar-refractivity contribution in [2.45, 2.75) is 32.7 Å². The number of aromatic nitrogens is 2. The number of pyridine rings is 2. The van der Waals surface area contributed by atoms with Crippen LogP contribution in [0.25, 0.3) is 22.2 Å². The molecule has 27 heavy (non-hydrogen) atoms. The molecule has 1 atom stereocenters. The second-order valence-electron chi connectivity index (χ2n) is 7.59. The molecule has 0 aliphatic rings. The normalized spacial score (nSPS) is 13.3. The van der Waals surface area contributed by atoms with E-state index in [1.807, 2.05) is 43.3 Å². The molecule has 0 radical (unpaired) electrons. The maximum Gasteiger partial charge on any atom is 0.137 e. The van der Waals surface area contributed by atoms with Crippen LogP contribution in [0.15, 0.2) is 48.8 Å². The number of benzene rings is 1. The molecular weight excluding hydrogens is 336 g/mol. The van der Waals surface area contributed by atoms with Gasteiger partial charge in [0.2, 0.25) is 0 Å². The Labute approximate surface area is 159 Å². The van der Waals surface area contributed by atoms with Gasteiger partial charge in [-0.05, 0) is 55.2 Å². The summed E-state index contributed by atoms with van der Waals surface area (Å²) in [7, 11) is 0. The molecule has 138 valence electrons. The fraction of sp³-hybridized carbons (Fsp3) is 0.318. The van der Waals surface area contributed by atoms with Gasteiger partial charge >= 0.3 is 0 Å². The predicted octanol–water partition coefficient (Wildman–Crippen LogP) is 4.31. The second kappa shape index (κ2) is 7.73. The number of hydrogen-bond donors (Lipinski definition) is 1. The molecule has 5 nitrogen and oxygen atoms in total. The van der Waals surface area contributed by atoms with Crippen molar-refractivity contribution >= 4 is 11.0 Å². The number of hydrogen-bond acceptors (Lipinski definition) is 5. The van der Waals surface area contributed by atoms with Crippen LogP contribution < -0.4 is 10.5 Å². The van der Waals surface area contributed by atoms with E-state index in [9.17, 15) is 5.26 Å². The minimum Gasteiger partial charge on any atom is -0.490 e. The van der Waals surface area contributed by atoms with E-state index in [1.165, 1.54) is 0 Å². The summed E-state index contributed by atoms with van der Waals surface area (Å²) >= 11 is 0. The highest BCUT2D eigenvalue weighted by molar-refractivity contribution is 5.91. The number of nitriles is 1. The van der Waals surface area contributed by atoms with Gasteiger partial charge in [0.05, 0.1) is 16.6 Å². The van der Waals surface area contributed by atoms with Gasteiger partial charge in [0.1, 0.15) is 18.4 Å². The number of nitrogens with two attached hydrogens (primary N) is 1. The fourth-order valence-electron chi connectivity index (χ4n) is 3.36. The molecule has 5 heteroatoms. The molecule has 1 aromatic carbocycles. The third-order valence-electron chi connectivity index (χ3n) is 4.34. The second-order valence-corrected chi connectivity index (χ2v) is 7.59. The third kappa shape index (κ3) is 4.42. The first-order chi connectivity index (χ1) is 12.9. The van der Waals surface area contributed by atoms with E-state index in [1.54, 1.807) is 12.4 Å². The Balaban J connectivity index is 1.90. The highest BCUT2D eigenvalue weighted by Gasteiger charge is 2.22. The molecule has 2 heterocycles. The number of rotatable bonds is 6. The highest BCUT2D eigenvalue weighted by atomic mass is 16.5. The average molecular weight is 360 g/mol. The lowest BCUT2D eigenvalue weighted by atomic mass is 9.93. The SMILES string of the molecule is CC(C)C[C@](C)(N)COc1ccc(-c2ccnc3cccnc23)cc1C#N. The van der Waals surface area contributed by atoms with Crippen LogP contribution in [0, 0.1) is 17.2 Å². The Bertz CT molecular complexity index is 984. The first kappa shape index (κ1) is 18.8. The quantitative estimate of drug-likeness (QED) is 0.708. The molecule has 2 aromatic heterocycles. The molecule has 2 N–H and O–H groups in total. The average Bonchev–Trinajstić information content (AvgIpc) is 2.65. The van der Waals surface area contributed by atoms with E-state index in [-0.39, 0.29) is 0 Å². The van der Waals surface area contributed by atoms with Crippen LogP contribution in [-0.4, -0.2) is 22.1 Å². The number of ether oxygens (including phenoxy) is 1. The largest absolute Gasteiger partial charge is 0.490 e. The summed E-state index contributed by atoms with van der Waals surface area (Å²) in [6.07, 6.45) is 4.34. The molecule has 0 amide bonds. The fourth-order valence-corrected chi connectivity index (χ4v) is 3.36. The van der Waals surface area contributed by atoms with Gasteiger partial charge in [0.15, 0.2) is 0 Å². The van der Waals surface area contributed by atoms with Crippen molar-refractivity contribution in [3.63, 3.8) is 0 Å². The monoisotopic (exact) mass is 360 g/mol. The Morgan fingerprint density at radius 3 is 2.74 bits per heavy atom. The van der Waals surface area contributed by atoms with Crippen LogP contribution >= 0.6 is 0 Å². The topological polar surface area (TPSA) is 84.8 Å². The molecule has 0 fully saturated rings. The van der Waals surface area contributed by atoms with Crippen molar-refractivity contribution < 1.29 is 4.74 Å². The summed E-state index contributed by atoms with van der Waals surface area (Å²) in [5, 5.41) is 9.59. The Morgan fingerprint density at radius 1 is 1.19 bits per heavy atom. The minimum atomic E-state index is -0.440. The van der Waals surface area contributed by atoms with E-state index < -0.39 is 5.54 Å². The summed E-state index contributed by atoms with van der Waals surface area (Å²) in [5.74, 6) is 1.03. The molecule has 0 aliphatic carbocycles. The summed E-state index contributed by atoms with van der Waals surface area (Å²) in [6, 6.07) is 13.5. The van der Waals surface area contributed by atoms with E-state index in [2.05, 4.69) is 29.9 Å². The van der Waals surface area contributed by atoms with Crippen LogP contribution in [0.3, 0.4) is 0 Å². The van der Waals surface area contributed by atoms with Crippen molar-refractivity contribution in [2.75, 3.05) is 6.61 Å². The van der Waals surface area contributed by atoms with Gasteiger partial charge in [0.25, 0.3) is 0 Å². The molecule has 0 unspecified atom stereocenters. The van der Waals surface area contributed by atoms with Crippen LogP contribution in [0.2, 0.25) is 0 Å². The van der Waals surface area contributed by atoms with Gasteiger partial charge in [-0.3, -0.25) is 9.97 Å². The molecule has 3 rings (SSSR count).